The van der Waals surface area contributed by atoms with E-state index >= 15 is 0 Å². The molecular formula is C13H19NO4. The van der Waals surface area contributed by atoms with E-state index < -0.39 is 18.1 Å². The fourth-order valence-electron chi connectivity index (χ4n) is 1.58. The summed E-state index contributed by atoms with van der Waals surface area (Å²) in [7, 11) is 1.53. The molecule has 5 nitrogen and oxygen atoms in total. The van der Waals surface area contributed by atoms with Crippen molar-refractivity contribution >= 4 is 5.91 Å². The van der Waals surface area contributed by atoms with Crippen molar-refractivity contribution in [1.82, 2.24) is 0 Å². The Balaban J connectivity index is 3.07. The first-order chi connectivity index (χ1) is 8.49. The zero-order chi connectivity index (χ0) is 13.7. The van der Waals surface area contributed by atoms with E-state index in [-0.39, 0.29) is 0 Å². The Hall–Kier alpha value is -1.75. The Morgan fingerprint density at radius 2 is 2.17 bits per heavy atom. The van der Waals surface area contributed by atoms with Crippen molar-refractivity contribution in [3.05, 3.63) is 23.8 Å². The first kappa shape index (κ1) is 14.3. The van der Waals surface area contributed by atoms with E-state index in [9.17, 15) is 9.90 Å². The summed E-state index contributed by atoms with van der Waals surface area (Å²) in [6.45, 7) is 3.43. The highest BCUT2D eigenvalue weighted by Crippen LogP contribution is 2.30. The van der Waals surface area contributed by atoms with Crippen LogP contribution in [0.25, 0.3) is 0 Å². The van der Waals surface area contributed by atoms with E-state index in [1.807, 2.05) is 0 Å². The van der Waals surface area contributed by atoms with Crippen LogP contribution in [-0.2, 0) is 4.79 Å². The van der Waals surface area contributed by atoms with Crippen molar-refractivity contribution in [3.8, 4) is 11.5 Å². The smallest absolute Gasteiger partial charge is 0.258 e. The van der Waals surface area contributed by atoms with Crippen LogP contribution in [0, 0.1) is 0 Å². The van der Waals surface area contributed by atoms with Gasteiger partial charge in [-0.15, -0.1) is 0 Å². The maximum absolute atomic E-state index is 11.2. The maximum atomic E-state index is 11.2. The van der Waals surface area contributed by atoms with Gasteiger partial charge in [-0.25, -0.2) is 0 Å². The van der Waals surface area contributed by atoms with Crippen molar-refractivity contribution in [1.29, 1.82) is 0 Å². The molecule has 0 bridgehead atoms. The highest BCUT2D eigenvalue weighted by molar-refractivity contribution is 5.79. The molecule has 1 amide bonds. The molecule has 1 aromatic carbocycles. The molecule has 0 spiro atoms. The van der Waals surface area contributed by atoms with Gasteiger partial charge in [-0.2, -0.15) is 0 Å². The largest absolute Gasteiger partial charge is 0.497 e. The number of nitrogens with two attached hydrogens (primary N) is 1. The van der Waals surface area contributed by atoms with Gasteiger partial charge < -0.3 is 20.3 Å². The van der Waals surface area contributed by atoms with E-state index in [0.29, 0.717) is 23.5 Å². The summed E-state index contributed by atoms with van der Waals surface area (Å²) >= 11 is 0. The molecule has 2 atom stereocenters. The van der Waals surface area contributed by atoms with Crippen molar-refractivity contribution in [3.63, 3.8) is 0 Å². The molecule has 5 heteroatoms. The molecule has 0 saturated heterocycles. The Kier molecular flexibility index (Phi) is 4.97. The summed E-state index contributed by atoms with van der Waals surface area (Å²) in [4.78, 5) is 11.2. The van der Waals surface area contributed by atoms with Crippen LogP contribution in [0.2, 0.25) is 0 Å². The molecule has 100 valence electrons. The van der Waals surface area contributed by atoms with Gasteiger partial charge >= 0.3 is 0 Å². The Morgan fingerprint density at radius 3 is 2.61 bits per heavy atom. The predicted molar refractivity (Wildman–Crippen MR) is 67.5 cm³/mol. The summed E-state index contributed by atoms with van der Waals surface area (Å²) in [6.07, 6.45) is -0.947. The van der Waals surface area contributed by atoms with E-state index in [4.69, 9.17) is 15.2 Å². The standard InChI is InChI=1S/C13H19NO4/c1-4-11(13(14)16)18-12-7-9(17-3)5-6-10(12)8(2)15/h5-8,11,15H,4H2,1-3H3,(H2,14,16)/t8-,11?/m1/s1. The summed E-state index contributed by atoms with van der Waals surface area (Å²) in [5.41, 5.74) is 5.83. The SMILES string of the molecule is CCC(Oc1cc(OC)ccc1[C@@H](C)O)C(N)=O. The van der Waals surface area contributed by atoms with Gasteiger partial charge in [0.05, 0.1) is 13.2 Å². The number of hydrogen-bond donors (Lipinski definition) is 2. The number of methoxy groups -OCH3 is 1. The molecule has 0 radical (unpaired) electrons. The average Bonchev–Trinajstić information content (AvgIpc) is 2.34. The second-order valence-electron chi connectivity index (χ2n) is 4.00. The average molecular weight is 253 g/mol. The number of amides is 1. The second kappa shape index (κ2) is 6.26. The van der Waals surface area contributed by atoms with Crippen molar-refractivity contribution in [2.75, 3.05) is 7.11 Å². The Morgan fingerprint density at radius 1 is 1.50 bits per heavy atom. The third kappa shape index (κ3) is 3.37. The van der Waals surface area contributed by atoms with Gasteiger partial charge in [-0.3, -0.25) is 4.79 Å². The van der Waals surface area contributed by atoms with Crippen LogP contribution in [0.1, 0.15) is 31.9 Å². The minimum absolute atomic E-state index is 0.412. The zero-order valence-corrected chi connectivity index (χ0v) is 10.8. The normalized spacial score (nSPS) is 13.8. The molecular weight excluding hydrogens is 234 g/mol. The third-order valence-corrected chi connectivity index (χ3v) is 2.63. The lowest BCUT2D eigenvalue weighted by Crippen LogP contribution is -2.33. The van der Waals surface area contributed by atoms with Crippen LogP contribution < -0.4 is 15.2 Å². The van der Waals surface area contributed by atoms with Crippen LogP contribution in [-0.4, -0.2) is 24.2 Å². The van der Waals surface area contributed by atoms with E-state index in [1.165, 1.54) is 7.11 Å². The fourth-order valence-corrected chi connectivity index (χ4v) is 1.58. The number of primary amides is 1. The molecule has 0 aliphatic carbocycles. The Labute approximate surface area is 107 Å². The topological polar surface area (TPSA) is 81.8 Å². The quantitative estimate of drug-likeness (QED) is 0.802. The molecule has 0 heterocycles. The van der Waals surface area contributed by atoms with Gasteiger partial charge in [0.15, 0.2) is 6.10 Å². The summed E-state index contributed by atoms with van der Waals surface area (Å²) < 4.78 is 10.6. The van der Waals surface area contributed by atoms with Gasteiger partial charge in [0.25, 0.3) is 5.91 Å². The molecule has 0 aliphatic rings. The van der Waals surface area contributed by atoms with Crippen LogP contribution in [0.3, 0.4) is 0 Å². The van der Waals surface area contributed by atoms with E-state index in [1.54, 1.807) is 32.0 Å². The van der Waals surface area contributed by atoms with Crippen LogP contribution in [0.5, 0.6) is 11.5 Å². The number of aliphatic hydroxyl groups is 1. The van der Waals surface area contributed by atoms with Gasteiger partial charge in [0.1, 0.15) is 11.5 Å². The molecule has 0 saturated carbocycles. The zero-order valence-electron chi connectivity index (χ0n) is 10.8. The van der Waals surface area contributed by atoms with E-state index in [2.05, 4.69) is 0 Å². The van der Waals surface area contributed by atoms with Gasteiger partial charge in [-0.05, 0) is 25.5 Å². The molecule has 1 unspecified atom stereocenters. The van der Waals surface area contributed by atoms with Crippen LogP contribution in [0.4, 0.5) is 0 Å². The summed E-state index contributed by atoms with van der Waals surface area (Å²) in [6, 6.07) is 5.06. The lowest BCUT2D eigenvalue weighted by atomic mass is 10.1. The van der Waals surface area contributed by atoms with Crippen molar-refractivity contribution < 1.29 is 19.4 Å². The first-order valence-corrected chi connectivity index (χ1v) is 5.81. The minimum Gasteiger partial charge on any atom is -0.497 e. The lowest BCUT2D eigenvalue weighted by Gasteiger charge is -2.19. The molecule has 1 rings (SSSR count). The highest BCUT2D eigenvalue weighted by atomic mass is 16.5. The lowest BCUT2D eigenvalue weighted by molar-refractivity contribution is -0.124. The van der Waals surface area contributed by atoms with Crippen molar-refractivity contribution in [2.45, 2.75) is 32.5 Å². The van der Waals surface area contributed by atoms with Gasteiger partial charge in [0.2, 0.25) is 0 Å². The molecule has 1 aromatic rings. The highest BCUT2D eigenvalue weighted by Gasteiger charge is 2.18. The Bertz CT molecular complexity index is 417. The molecule has 3 N–H and O–H groups in total. The van der Waals surface area contributed by atoms with Crippen molar-refractivity contribution in [2.24, 2.45) is 5.73 Å². The number of ether oxygens (including phenoxy) is 2. The second-order valence-corrected chi connectivity index (χ2v) is 4.00. The number of rotatable bonds is 6. The third-order valence-electron chi connectivity index (χ3n) is 2.63. The molecule has 0 fully saturated rings. The predicted octanol–water partition coefficient (Wildman–Crippen LogP) is 1.39. The fraction of sp³-hybridized carbons (Fsp3) is 0.462. The molecule has 0 aromatic heterocycles. The van der Waals surface area contributed by atoms with E-state index in [0.717, 1.165) is 0 Å². The summed E-state index contributed by atoms with van der Waals surface area (Å²) in [5.74, 6) is 0.473. The number of carbonyl (C=O) groups is 1. The number of benzene rings is 1. The van der Waals surface area contributed by atoms with Crippen LogP contribution in [0.15, 0.2) is 18.2 Å². The van der Waals surface area contributed by atoms with Crippen LogP contribution >= 0.6 is 0 Å². The monoisotopic (exact) mass is 253 g/mol. The number of aliphatic hydroxyl groups excluding tert-OH is 1. The summed E-state index contributed by atoms with van der Waals surface area (Å²) in [5, 5.41) is 9.66. The molecule has 18 heavy (non-hydrogen) atoms. The minimum atomic E-state index is -0.713. The van der Waals surface area contributed by atoms with Gasteiger partial charge in [0, 0.05) is 11.6 Å². The first-order valence-electron chi connectivity index (χ1n) is 5.81. The number of carbonyl (C=O) groups excluding carboxylic acids is 1. The molecule has 0 aliphatic heterocycles. The maximum Gasteiger partial charge on any atom is 0.258 e. The van der Waals surface area contributed by atoms with Gasteiger partial charge in [-0.1, -0.05) is 6.92 Å². The number of hydrogen-bond acceptors (Lipinski definition) is 4.